The summed E-state index contributed by atoms with van der Waals surface area (Å²) in [6.07, 6.45) is 6.94. The van der Waals surface area contributed by atoms with Crippen molar-refractivity contribution in [2.24, 2.45) is 10.7 Å². The molecule has 0 unspecified atom stereocenters. The first kappa shape index (κ1) is 18.6. The highest BCUT2D eigenvalue weighted by Crippen LogP contribution is 2.23. The SMILES string of the molecule is I.NC(=NCc1ccnc(OC2CCCC2)c1)N1CCSCC1. The van der Waals surface area contributed by atoms with Crippen molar-refractivity contribution in [3.63, 3.8) is 0 Å². The zero-order valence-electron chi connectivity index (χ0n) is 13.3. The van der Waals surface area contributed by atoms with Crippen LogP contribution in [0.4, 0.5) is 0 Å². The van der Waals surface area contributed by atoms with E-state index in [0.29, 0.717) is 24.5 Å². The van der Waals surface area contributed by atoms with Crippen LogP contribution >= 0.6 is 35.7 Å². The number of nitrogens with two attached hydrogens (primary N) is 1. The number of aliphatic imine (C=N–C) groups is 1. The summed E-state index contributed by atoms with van der Waals surface area (Å²) < 4.78 is 5.94. The minimum absolute atomic E-state index is 0. The molecule has 5 nitrogen and oxygen atoms in total. The molecule has 3 rings (SSSR count). The number of guanidine groups is 1. The molecule has 1 aliphatic heterocycles. The Hall–Kier alpha value is -0.700. The van der Waals surface area contributed by atoms with Crippen LogP contribution in [-0.4, -0.2) is 46.5 Å². The molecule has 0 atom stereocenters. The Balaban J connectivity index is 0.00000192. The van der Waals surface area contributed by atoms with Crippen LogP contribution < -0.4 is 10.5 Å². The number of hydrogen-bond donors (Lipinski definition) is 1. The molecule has 1 saturated carbocycles. The zero-order valence-corrected chi connectivity index (χ0v) is 16.5. The molecular weight excluding hydrogens is 423 g/mol. The van der Waals surface area contributed by atoms with Gasteiger partial charge >= 0.3 is 0 Å². The Kier molecular flexibility index (Phi) is 7.75. The van der Waals surface area contributed by atoms with E-state index in [4.69, 9.17) is 10.5 Å². The largest absolute Gasteiger partial charge is 0.474 e. The number of hydrogen-bond acceptors (Lipinski definition) is 4. The lowest BCUT2D eigenvalue weighted by molar-refractivity contribution is 0.201. The molecule has 1 aliphatic carbocycles. The quantitative estimate of drug-likeness (QED) is 0.436. The molecule has 1 saturated heterocycles. The van der Waals surface area contributed by atoms with E-state index in [1.165, 1.54) is 12.8 Å². The van der Waals surface area contributed by atoms with Crippen molar-refractivity contribution >= 4 is 41.7 Å². The second-order valence-electron chi connectivity index (χ2n) is 5.80. The van der Waals surface area contributed by atoms with Crippen LogP contribution in [0.15, 0.2) is 23.3 Å². The number of rotatable bonds is 4. The van der Waals surface area contributed by atoms with Gasteiger partial charge in [0.15, 0.2) is 5.96 Å². The summed E-state index contributed by atoms with van der Waals surface area (Å²) in [5.41, 5.74) is 7.18. The van der Waals surface area contributed by atoms with Gasteiger partial charge in [-0.1, -0.05) is 0 Å². The Morgan fingerprint density at radius 1 is 1.35 bits per heavy atom. The molecule has 2 N–H and O–H groups in total. The lowest BCUT2D eigenvalue weighted by Crippen LogP contribution is -2.42. The average molecular weight is 448 g/mol. The van der Waals surface area contributed by atoms with Crippen LogP contribution in [0, 0.1) is 0 Å². The van der Waals surface area contributed by atoms with Crippen LogP contribution in [0.2, 0.25) is 0 Å². The number of ether oxygens (including phenoxy) is 1. The maximum Gasteiger partial charge on any atom is 0.213 e. The van der Waals surface area contributed by atoms with E-state index < -0.39 is 0 Å². The van der Waals surface area contributed by atoms with E-state index >= 15 is 0 Å². The van der Waals surface area contributed by atoms with E-state index in [2.05, 4.69) is 14.9 Å². The predicted octanol–water partition coefficient (Wildman–Crippen LogP) is 2.88. The summed E-state index contributed by atoms with van der Waals surface area (Å²) in [5, 5.41) is 0. The monoisotopic (exact) mass is 448 g/mol. The fourth-order valence-corrected chi connectivity index (χ4v) is 3.76. The summed E-state index contributed by atoms with van der Waals surface area (Å²) in [7, 11) is 0. The van der Waals surface area contributed by atoms with Crippen LogP contribution in [0.25, 0.3) is 0 Å². The molecule has 128 valence electrons. The third-order valence-corrected chi connectivity index (χ3v) is 5.09. The molecule has 2 heterocycles. The van der Waals surface area contributed by atoms with Crippen molar-refractivity contribution < 1.29 is 4.74 Å². The van der Waals surface area contributed by atoms with E-state index in [1.807, 2.05) is 23.9 Å². The van der Waals surface area contributed by atoms with E-state index in [1.54, 1.807) is 6.20 Å². The number of halogens is 1. The molecule has 0 amide bonds. The molecule has 2 fully saturated rings. The smallest absolute Gasteiger partial charge is 0.213 e. The second kappa shape index (κ2) is 9.56. The fraction of sp³-hybridized carbons (Fsp3) is 0.625. The summed E-state index contributed by atoms with van der Waals surface area (Å²) >= 11 is 1.97. The highest BCUT2D eigenvalue weighted by Gasteiger charge is 2.17. The normalized spacial score (nSPS) is 19.5. The van der Waals surface area contributed by atoms with Gasteiger partial charge in [0.05, 0.1) is 6.54 Å². The summed E-state index contributed by atoms with van der Waals surface area (Å²) in [6, 6.07) is 3.96. The zero-order chi connectivity index (χ0) is 15.2. The van der Waals surface area contributed by atoms with Gasteiger partial charge in [0, 0.05) is 36.9 Å². The summed E-state index contributed by atoms with van der Waals surface area (Å²) in [5.74, 6) is 3.62. The molecule has 1 aromatic heterocycles. The first-order valence-electron chi connectivity index (χ1n) is 8.05. The van der Waals surface area contributed by atoms with Gasteiger partial charge in [-0.3, -0.25) is 0 Å². The Morgan fingerprint density at radius 3 is 2.83 bits per heavy atom. The lowest BCUT2D eigenvalue weighted by Gasteiger charge is -2.27. The molecule has 23 heavy (non-hydrogen) atoms. The summed E-state index contributed by atoms with van der Waals surface area (Å²) in [4.78, 5) is 11.0. The van der Waals surface area contributed by atoms with Gasteiger partial charge in [-0.2, -0.15) is 11.8 Å². The van der Waals surface area contributed by atoms with Crippen molar-refractivity contribution in [1.29, 1.82) is 0 Å². The second-order valence-corrected chi connectivity index (χ2v) is 7.03. The van der Waals surface area contributed by atoms with Gasteiger partial charge in [0.25, 0.3) is 0 Å². The minimum atomic E-state index is 0. The fourth-order valence-electron chi connectivity index (χ4n) is 2.85. The number of pyridine rings is 1. The first-order valence-corrected chi connectivity index (χ1v) is 9.21. The van der Waals surface area contributed by atoms with Crippen molar-refractivity contribution in [3.05, 3.63) is 23.9 Å². The van der Waals surface area contributed by atoms with Crippen molar-refractivity contribution in [2.45, 2.75) is 38.3 Å². The van der Waals surface area contributed by atoms with Gasteiger partial charge in [0.2, 0.25) is 5.88 Å². The van der Waals surface area contributed by atoms with E-state index in [0.717, 1.165) is 43.0 Å². The first-order chi connectivity index (χ1) is 10.8. The predicted molar refractivity (Wildman–Crippen MR) is 107 cm³/mol. The molecule has 7 heteroatoms. The third-order valence-electron chi connectivity index (χ3n) is 4.15. The maximum atomic E-state index is 6.09. The number of aromatic nitrogens is 1. The van der Waals surface area contributed by atoms with Crippen LogP contribution in [0.1, 0.15) is 31.2 Å². The summed E-state index contributed by atoms with van der Waals surface area (Å²) in [6.45, 7) is 2.57. The highest BCUT2D eigenvalue weighted by molar-refractivity contribution is 14.0. The van der Waals surface area contributed by atoms with Gasteiger partial charge < -0.3 is 15.4 Å². The number of thioether (sulfide) groups is 1. The van der Waals surface area contributed by atoms with Crippen LogP contribution in [0.5, 0.6) is 5.88 Å². The van der Waals surface area contributed by atoms with Gasteiger partial charge in [-0.15, -0.1) is 24.0 Å². The Labute approximate surface area is 159 Å². The highest BCUT2D eigenvalue weighted by atomic mass is 127. The van der Waals surface area contributed by atoms with E-state index in [9.17, 15) is 0 Å². The minimum Gasteiger partial charge on any atom is -0.474 e. The van der Waals surface area contributed by atoms with Gasteiger partial charge in [-0.05, 0) is 37.3 Å². The van der Waals surface area contributed by atoms with Crippen LogP contribution in [-0.2, 0) is 6.54 Å². The van der Waals surface area contributed by atoms with Crippen molar-refractivity contribution in [3.8, 4) is 5.88 Å². The molecule has 0 aromatic carbocycles. The van der Waals surface area contributed by atoms with Crippen molar-refractivity contribution in [2.75, 3.05) is 24.6 Å². The Morgan fingerprint density at radius 2 is 2.09 bits per heavy atom. The average Bonchev–Trinajstić information content (AvgIpc) is 3.07. The van der Waals surface area contributed by atoms with Crippen LogP contribution in [0.3, 0.4) is 0 Å². The van der Waals surface area contributed by atoms with Crippen molar-refractivity contribution in [1.82, 2.24) is 9.88 Å². The molecule has 2 aliphatic rings. The third kappa shape index (κ3) is 5.70. The van der Waals surface area contributed by atoms with E-state index in [-0.39, 0.29) is 24.0 Å². The molecule has 1 aromatic rings. The standard InChI is InChI=1S/C16H24N4OS.HI/c17-16(20-7-9-22-10-8-20)19-12-13-5-6-18-15(11-13)21-14-3-1-2-4-14;/h5-6,11,14H,1-4,7-10,12H2,(H2,17,19);1H. The van der Waals surface area contributed by atoms with Gasteiger partial charge in [-0.25, -0.2) is 9.98 Å². The number of nitrogens with zero attached hydrogens (tertiary/aromatic N) is 3. The van der Waals surface area contributed by atoms with Gasteiger partial charge in [0.1, 0.15) is 6.10 Å². The maximum absolute atomic E-state index is 6.09. The topological polar surface area (TPSA) is 63.7 Å². The lowest BCUT2D eigenvalue weighted by atomic mass is 10.2. The molecule has 0 bridgehead atoms. The Bertz CT molecular complexity index is 517. The molecule has 0 spiro atoms. The molecule has 0 radical (unpaired) electrons. The molecular formula is C16H25IN4OS.